The van der Waals surface area contributed by atoms with Crippen molar-refractivity contribution < 1.29 is 10.0 Å². The van der Waals surface area contributed by atoms with Crippen molar-refractivity contribution in [3.05, 3.63) is 35.4 Å². The smallest absolute Gasteiger partial charge is 0.224 e. The zero-order valence-corrected chi connectivity index (χ0v) is 11.7. The minimum absolute atomic E-state index is 0.0327. The third-order valence-electron chi connectivity index (χ3n) is 4.11. The Labute approximate surface area is 118 Å². The molecule has 0 unspecified atom stereocenters. The van der Waals surface area contributed by atoms with Gasteiger partial charge < -0.3 is 16.3 Å². The van der Waals surface area contributed by atoms with Crippen molar-refractivity contribution in [2.75, 3.05) is 0 Å². The van der Waals surface area contributed by atoms with Crippen molar-refractivity contribution in [2.45, 2.75) is 44.6 Å². The molecule has 5 heteroatoms. The normalized spacial score (nSPS) is 17.4. The maximum Gasteiger partial charge on any atom is 0.224 e. The average molecular weight is 275 g/mol. The van der Waals surface area contributed by atoms with Gasteiger partial charge in [0, 0.05) is 11.1 Å². The van der Waals surface area contributed by atoms with Gasteiger partial charge in [-0.05, 0) is 31.2 Å². The van der Waals surface area contributed by atoms with Gasteiger partial charge >= 0.3 is 0 Å². The summed E-state index contributed by atoms with van der Waals surface area (Å²) in [6.07, 6.45) is 4.71. The summed E-state index contributed by atoms with van der Waals surface area (Å²) in [6, 6.07) is 7.14. The molecule has 4 N–H and O–H groups in total. The quantitative estimate of drug-likeness (QED) is 0.331. The molecule has 1 aliphatic rings. The largest absolute Gasteiger partial charge is 0.409 e. The van der Waals surface area contributed by atoms with E-state index in [0.29, 0.717) is 12.0 Å². The number of nitrogens with zero attached hydrogens (tertiary/aromatic N) is 1. The van der Waals surface area contributed by atoms with Crippen LogP contribution in [0.4, 0.5) is 0 Å². The fourth-order valence-electron chi connectivity index (χ4n) is 2.55. The van der Waals surface area contributed by atoms with Gasteiger partial charge in [0.05, 0.1) is 6.42 Å². The van der Waals surface area contributed by atoms with E-state index in [4.69, 9.17) is 10.9 Å². The molecule has 108 valence electrons. The van der Waals surface area contributed by atoms with Crippen molar-refractivity contribution in [3.63, 3.8) is 0 Å². The van der Waals surface area contributed by atoms with Gasteiger partial charge in [-0.1, -0.05) is 36.3 Å². The number of amidine groups is 1. The highest BCUT2D eigenvalue weighted by atomic mass is 16.4. The first kappa shape index (κ1) is 14.4. The van der Waals surface area contributed by atoms with Crippen LogP contribution >= 0.6 is 0 Å². The summed E-state index contributed by atoms with van der Waals surface area (Å²) in [7, 11) is 0. The minimum atomic E-state index is 0.0327. The van der Waals surface area contributed by atoms with E-state index in [1.165, 1.54) is 6.42 Å². The van der Waals surface area contributed by atoms with Crippen LogP contribution in [0.25, 0.3) is 0 Å². The predicted octanol–water partition coefficient (Wildman–Crippen LogP) is 1.77. The van der Waals surface area contributed by atoms with Gasteiger partial charge in [-0.2, -0.15) is 0 Å². The maximum atomic E-state index is 12.1. The van der Waals surface area contributed by atoms with Crippen LogP contribution in [0.5, 0.6) is 0 Å². The lowest BCUT2D eigenvalue weighted by molar-refractivity contribution is -0.123. The Balaban J connectivity index is 1.94. The summed E-state index contributed by atoms with van der Waals surface area (Å²) in [5.74, 6) is 0.128. The molecule has 0 aliphatic heterocycles. The van der Waals surface area contributed by atoms with E-state index in [-0.39, 0.29) is 17.3 Å². The van der Waals surface area contributed by atoms with Crippen LogP contribution in [0.1, 0.15) is 43.7 Å². The second kappa shape index (κ2) is 5.94. The van der Waals surface area contributed by atoms with Crippen molar-refractivity contribution >= 4 is 11.7 Å². The Morgan fingerprint density at radius 2 is 2.05 bits per heavy atom. The van der Waals surface area contributed by atoms with Gasteiger partial charge in [-0.15, -0.1) is 0 Å². The molecule has 1 aromatic rings. The molecule has 1 fully saturated rings. The number of benzene rings is 1. The monoisotopic (exact) mass is 275 g/mol. The SMILES string of the molecule is CCC1(NC(=O)Cc2ccc(/C(N)=N/O)cc2)CCC1. The summed E-state index contributed by atoms with van der Waals surface area (Å²) in [5.41, 5.74) is 7.08. The summed E-state index contributed by atoms with van der Waals surface area (Å²) in [4.78, 5) is 12.1. The van der Waals surface area contributed by atoms with Crippen LogP contribution in [-0.4, -0.2) is 22.5 Å². The van der Waals surface area contributed by atoms with E-state index in [1.54, 1.807) is 12.1 Å². The molecule has 0 radical (unpaired) electrons. The summed E-state index contributed by atoms with van der Waals surface area (Å²) in [6.45, 7) is 2.12. The number of amides is 1. The zero-order valence-electron chi connectivity index (χ0n) is 11.7. The van der Waals surface area contributed by atoms with Crippen LogP contribution in [-0.2, 0) is 11.2 Å². The number of rotatable bonds is 5. The lowest BCUT2D eigenvalue weighted by Crippen LogP contribution is -2.53. The molecule has 1 aliphatic carbocycles. The third-order valence-corrected chi connectivity index (χ3v) is 4.11. The molecule has 5 nitrogen and oxygen atoms in total. The Morgan fingerprint density at radius 3 is 2.50 bits per heavy atom. The maximum absolute atomic E-state index is 12.1. The van der Waals surface area contributed by atoms with Gasteiger partial charge in [0.1, 0.15) is 0 Å². The number of nitrogens with one attached hydrogen (secondary N) is 1. The van der Waals surface area contributed by atoms with Crippen LogP contribution in [0.2, 0.25) is 0 Å². The van der Waals surface area contributed by atoms with E-state index in [9.17, 15) is 4.79 Å². The lowest BCUT2D eigenvalue weighted by atomic mass is 9.75. The summed E-state index contributed by atoms with van der Waals surface area (Å²) in [5, 5.41) is 14.7. The van der Waals surface area contributed by atoms with Gasteiger partial charge in [0.15, 0.2) is 5.84 Å². The molecule has 0 bridgehead atoms. The zero-order chi connectivity index (χ0) is 14.6. The van der Waals surface area contributed by atoms with Gasteiger partial charge in [0.2, 0.25) is 5.91 Å². The van der Waals surface area contributed by atoms with Crippen LogP contribution in [0.15, 0.2) is 29.4 Å². The predicted molar refractivity (Wildman–Crippen MR) is 77.7 cm³/mol. The van der Waals surface area contributed by atoms with E-state index in [2.05, 4.69) is 17.4 Å². The van der Waals surface area contributed by atoms with Crippen molar-refractivity contribution in [1.82, 2.24) is 5.32 Å². The second-order valence-electron chi connectivity index (χ2n) is 5.39. The molecule has 0 heterocycles. The summed E-state index contributed by atoms with van der Waals surface area (Å²) < 4.78 is 0. The molecule has 0 atom stereocenters. The number of carbonyl (C=O) groups is 1. The van der Waals surface area contributed by atoms with Gasteiger partial charge in [0.25, 0.3) is 0 Å². The van der Waals surface area contributed by atoms with Crippen molar-refractivity contribution in [1.29, 1.82) is 0 Å². The number of carbonyl (C=O) groups excluding carboxylic acids is 1. The number of hydrogen-bond donors (Lipinski definition) is 3. The van der Waals surface area contributed by atoms with Crippen LogP contribution < -0.4 is 11.1 Å². The molecule has 0 spiro atoms. The van der Waals surface area contributed by atoms with E-state index < -0.39 is 0 Å². The van der Waals surface area contributed by atoms with Crippen molar-refractivity contribution in [2.24, 2.45) is 10.9 Å². The Morgan fingerprint density at radius 1 is 1.40 bits per heavy atom. The second-order valence-corrected chi connectivity index (χ2v) is 5.39. The van der Waals surface area contributed by atoms with Gasteiger partial charge in [-0.3, -0.25) is 4.79 Å². The highest BCUT2D eigenvalue weighted by molar-refractivity contribution is 5.97. The fourth-order valence-corrected chi connectivity index (χ4v) is 2.55. The molecule has 2 rings (SSSR count). The Hall–Kier alpha value is -2.04. The molecule has 1 saturated carbocycles. The summed E-state index contributed by atoms with van der Waals surface area (Å²) >= 11 is 0. The van der Waals surface area contributed by atoms with Crippen LogP contribution in [0.3, 0.4) is 0 Å². The standard InChI is InChI=1S/C15H21N3O2/c1-2-15(8-3-9-15)17-13(19)10-11-4-6-12(7-5-11)14(16)18-20/h4-7,20H,2-3,8-10H2,1H3,(H2,16,18)(H,17,19). The van der Waals surface area contributed by atoms with Crippen molar-refractivity contribution in [3.8, 4) is 0 Å². The highest BCUT2D eigenvalue weighted by Crippen LogP contribution is 2.34. The highest BCUT2D eigenvalue weighted by Gasteiger charge is 2.36. The molecular formula is C15H21N3O2. The average Bonchev–Trinajstić information content (AvgIpc) is 2.43. The minimum Gasteiger partial charge on any atom is -0.409 e. The Kier molecular flexibility index (Phi) is 4.27. The van der Waals surface area contributed by atoms with E-state index in [0.717, 1.165) is 24.8 Å². The number of hydrogen-bond acceptors (Lipinski definition) is 3. The molecule has 0 saturated heterocycles. The topological polar surface area (TPSA) is 87.7 Å². The van der Waals surface area contributed by atoms with Crippen LogP contribution in [0, 0.1) is 0 Å². The fraction of sp³-hybridized carbons (Fsp3) is 0.467. The number of nitrogens with two attached hydrogens (primary N) is 1. The first-order valence-corrected chi connectivity index (χ1v) is 6.96. The first-order valence-electron chi connectivity index (χ1n) is 6.96. The van der Waals surface area contributed by atoms with Gasteiger partial charge in [-0.25, -0.2) is 0 Å². The first-order chi connectivity index (χ1) is 9.58. The molecule has 1 aromatic carbocycles. The molecule has 0 aromatic heterocycles. The molecular weight excluding hydrogens is 254 g/mol. The van der Waals surface area contributed by atoms with E-state index in [1.807, 2.05) is 12.1 Å². The Bertz CT molecular complexity index is 499. The molecule has 1 amide bonds. The molecule has 20 heavy (non-hydrogen) atoms. The van der Waals surface area contributed by atoms with E-state index >= 15 is 0 Å². The lowest BCUT2D eigenvalue weighted by Gasteiger charge is -2.42. The number of oxime groups is 1. The third kappa shape index (κ3) is 3.10.